The Labute approximate surface area is 134 Å². The predicted molar refractivity (Wildman–Crippen MR) is 84.1 cm³/mol. The summed E-state index contributed by atoms with van der Waals surface area (Å²) in [6.45, 7) is 5.73. The average molecular weight is 324 g/mol. The van der Waals surface area contributed by atoms with Gasteiger partial charge in [-0.15, -0.1) is 0 Å². The average Bonchev–Trinajstić information content (AvgIpc) is 2.35. The van der Waals surface area contributed by atoms with Gasteiger partial charge in [-0.3, -0.25) is 0 Å². The van der Waals surface area contributed by atoms with Crippen molar-refractivity contribution in [2.24, 2.45) is 0 Å². The van der Waals surface area contributed by atoms with Crippen LogP contribution in [-0.4, -0.2) is 29.3 Å². The van der Waals surface area contributed by atoms with Crippen molar-refractivity contribution in [3.63, 3.8) is 0 Å². The van der Waals surface area contributed by atoms with Crippen molar-refractivity contribution >= 4 is 23.7 Å². The van der Waals surface area contributed by atoms with E-state index in [1.165, 1.54) is 12.1 Å². The Kier molecular flexibility index (Phi) is 6.26. The number of carbonyl (C=O) groups is 2. The Balaban J connectivity index is 2.47. The van der Waals surface area contributed by atoms with Gasteiger partial charge in [0.05, 0.1) is 10.6 Å². The van der Waals surface area contributed by atoms with E-state index in [9.17, 15) is 9.59 Å². The maximum atomic E-state index is 11.4. The molecule has 0 atom stereocenters. The normalized spacial score (nSPS) is 10.4. The first-order valence-corrected chi connectivity index (χ1v) is 7.05. The molecule has 1 amide bonds. The lowest BCUT2D eigenvalue weighted by atomic mass is 10.1. The van der Waals surface area contributed by atoms with Crippen LogP contribution in [0.3, 0.4) is 0 Å². The van der Waals surface area contributed by atoms with Gasteiger partial charge in [0.15, 0.2) is 0 Å². The molecule has 0 heterocycles. The number of ether oxygens (including phenoxy) is 1. The van der Waals surface area contributed by atoms with Crippen molar-refractivity contribution < 1.29 is 19.4 Å². The fourth-order valence-corrected chi connectivity index (χ4v) is 1.73. The summed E-state index contributed by atoms with van der Waals surface area (Å²) < 4.78 is 5.08. The molecular weight excluding hydrogens is 306 g/mol. The summed E-state index contributed by atoms with van der Waals surface area (Å²) in [6.07, 6.45) is -0.0412. The number of nitrogens with one attached hydrogen (secondary N) is 1. The van der Waals surface area contributed by atoms with E-state index in [2.05, 4.69) is 17.2 Å². The van der Waals surface area contributed by atoms with E-state index < -0.39 is 17.7 Å². The first kappa shape index (κ1) is 17.9. The Morgan fingerprint density at radius 2 is 2.05 bits per heavy atom. The zero-order valence-electron chi connectivity index (χ0n) is 12.7. The van der Waals surface area contributed by atoms with Gasteiger partial charge < -0.3 is 15.2 Å². The maximum Gasteiger partial charge on any atom is 0.407 e. The van der Waals surface area contributed by atoms with Crippen molar-refractivity contribution in [2.45, 2.75) is 32.8 Å². The lowest BCUT2D eigenvalue weighted by molar-refractivity contribution is 0.0528. The molecule has 0 saturated heterocycles. The highest BCUT2D eigenvalue weighted by Gasteiger charge is 2.15. The van der Waals surface area contributed by atoms with Gasteiger partial charge in [0.25, 0.3) is 0 Å². The monoisotopic (exact) mass is 323 g/mol. The number of carboxylic acids is 1. The van der Waals surface area contributed by atoms with Crippen LogP contribution in [0.4, 0.5) is 4.79 Å². The first-order valence-electron chi connectivity index (χ1n) is 6.67. The summed E-state index contributed by atoms with van der Waals surface area (Å²) >= 11 is 5.85. The van der Waals surface area contributed by atoms with Gasteiger partial charge in [0.1, 0.15) is 5.60 Å². The molecule has 0 fully saturated rings. The second-order valence-corrected chi connectivity index (χ2v) is 5.89. The van der Waals surface area contributed by atoms with Crippen molar-refractivity contribution in [1.82, 2.24) is 5.32 Å². The van der Waals surface area contributed by atoms with E-state index in [0.29, 0.717) is 18.5 Å². The van der Waals surface area contributed by atoms with Crippen molar-refractivity contribution in [1.29, 1.82) is 0 Å². The Bertz CT molecular complexity index is 623. The van der Waals surface area contributed by atoms with Crippen LogP contribution in [0.15, 0.2) is 18.2 Å². The number of aromatic carboxylic acids is 1. The van der Waals surface area contributed by atoms with Crippen LogP contribution in [0.5, 0.6) is 0 Å². The summed E-state index contributed by atoms with van der Waals surface area (Å²) in [7, 11) is 0. The number of hydrogen-bond acceptors (Lipinski definition) is 3. The Hall–Kier alpha value is -2.19. The zero-order chi connectivity index (χ0) is 16.8. The van der Waals surface area contributed by atoms with Gasteiger partial charge >= 0.3 is 12.1 Å². The number of carboxylic acid groups (broad SMARTS) is 1. The third-order valence-corrected chi connectivity index (χ3v) is 2.66. The molecule has 0 aliphatic rings. The molecule has 0 aliphatic heterocycles. The van der Waals surface area contributed by atoms with Crippen LogP contribution in [0, 0.1) is 11.8 Å². The molecule has 0 unspecified atom stereocenters. The molecule has 22 heavy (non-hydrogen) atoms. The van der Waals surface area contributed by atoms with Gasteiger partial charge in [-0.1, -0.05) is 23.4 Å². The van der Waals surface area contributed by atoms with Crippen molar-refractivity contribution in [2.75, 3.05) is 6.54 Å². The molecule has 1 aromatic carbocycles. The molecule has 0 aromatic heterocycles. The quantitative estimate of drug-likeness (QED) is 0.661. The van der Waals surface area contributed by atoms with E-state index >= 15 is 0 Å². The molecule has 0 bridgehead atoms. The van der Waals surface area contributed by atoms with Crippen LogP contribution in [0.1, 0.15) is 43.1 Å². The Morgan fingerprint density at radius 1 is 1.36 bits per heavy atom. The number of halogens is 1. The van der Waals surface area contributed by atoms with Crippen LogP contribution >= 0.6 is 11.6 Å². The number of carbonyl (C=O) groups excluding carboxylic acids is 1. The van der Waals surface area contributed by atoms with Crippen LogP contribution in [-0.2, 0) is 4.74 Å². The van der Waals surface area contributed by atoms with Crippen molar-refractivity contribution in [3.05, 3.63) is 34.3 Å². The number of benzene rings is 1. The third kappa shape index (κ3) is 6.51. The summed E-state index contributed by atoms with van der Waals surface area (Å²) in [4.78, 5) is 22.2. The van der Waals surface area contributed by atoms with Crippen molar-refractivity contribution in [3.8, 4) is 11.8 Å². The van der Waals surface area contributed by atoms with E-state index in [1.54, 1.807) is 26.8 Å². The highest BCUT2D eigenvalue weighted by molar-refractivity contribution is 6.33. The van der Waals surface area contributed by atoms with E-state index in [-0.39, 0.29) is 10.6 Å². The van der Waals surface area contributed by atoms with E-state index in [1.807, 2.05) is 0 Å². The standard InChI is InChI=1S/C16H18ClNO4/c1-16(2,3)22-15(21)18-9-5-4-6-11-7-8-12(14(19)20)13(17)10-11/h7-8,10H,5,9H2,1-3H3,(H,18,21)(H,19,20). The molecule has 5 nitrogen and oxygen atoms in total. The SMILES string of the molecule is CC(C)(C)OC(=O)NCCC#Cc1ccc(C(=O)O)c(Cl)c1. The zero-order valence-corrected chi connectivity index (χ0v) is 13.5. The van der Waals surface area contributed by atoms with E-state index in [0.717, 1.165) is 0 Å². The Morgan fingerprint density at radius 3 is 2.59 bits per heavy atom. The maximum absolute atomic E-state index is 11.4. The first-order chi connectivity index (χ1) is 10.2. The highest BCUT2D eigenvalue weighted by atomic mass is 35.5. The number of rotatable bonds is 3. The summed E-state index contributed by atoms with van der Waals surface area (Å²) in [6, 6.07) is 4.50. The van der Waals surface area contributed by atoms with Gasteiger partial charge in [0, 0.05) is 18.5 Å². The summed E-state index contributed by atoms with van der Waals surface area (Å²) in [5.41, 5.74) is 0.129. The number of hydrogen-bond donors (Lipinski definition) is 2. The lowest BCUT2D eigenvalue weighted by Crippen LogP contribution is -2.32. The fraction of sp³-hybridized carbons (Fsp3) is 0.375. The predicted octanol–water partition coefficient (Wildman–Crippen LogP) is 3.30. The molecule has 1 aromatic rings. The second kappa shape index (κ2) is 7.71. The topological polar surface area (TPSA) is 75.6 Å². The molecule has 0 spiro atoms. The molecule has 0 saturated carbocycles. The van der Waals surface area contributed by atoms with Gasteiger partial charge in [-0.2, -0.15) is 0 Å². The summed E-state index contributed by atoms with van der Waals surface area (Å²) in [5, 5.41) is 11.6. The van der Waals surface area contributed by atoms with Crippen LogP contribution < -0.4 is 5.32 Å². The molecule has 6 heteroatoms. The molecule has 1 rings (SSSR count). The molecular formula is C16H18ClNO4. The van der Waals surface area contributed by atoms with Crippen LogP contribution in [0.25, 0.3) is 0 Å². The smallest absolute Gasteiger partial charge is 0.407 e. The minimum atomic E-state index is -1.08. The van der Waals surface area contributed by atoms with E-state index in [4.69, 9.17) is 21.4 Å². The van der Waals surface area contributed by atoms with Gasteiger partial charge in [-0.05, 0) is 39.0 Å². The fourth-order valence-electron chi connectivity index (χ4n) is 1.47. The minimum absolute atomic E-state index is 0.0406. The molecule has 0 radical (unpaired) electrons. The molecule has 0 aliphatic carbocycles. The van der Waals surface area contributed by atoms with Gasteiger partial charge in [-0.25, -0.2) is 9.59 Å². The molecule has 118 valence electrons. The second-order valence-electron chi connectivity index (χ2n) is 5.48. The summed E-state index contributed by atoms with van der Waals surface area (Å²) in [5.74, 6) is 4.65. The highest BCUT2D eigenvalue weighted by Crippen LogP contribution is 2.17. The van der Waals surface area contributed by atoms with Gasteiger partial charge in [0.2, 0.25) is 0 Å². The molecule has 2 N–H and O–H groups in total. The third-order valence-electron chi connectivity index (χ3n) is 2.35. The van der Waals surface area contributed by atoms with Crippen LogP contribution in [0.2, 0.25) is 5.02 Å². The number of amides is 1. The minimum Gasteiger partial charge on any atom is -0.478 e. The number of alkyl carbamates (subject to hydrolysis) is 1. The lowest BCUT2D eigenvalue weighted by Gasteiger charge is -2.19. The largest absolute Gasteiger partial charge is 0.478 e.